The second kappa shape index (κ2) is 7.11. The molecule has 98 valence electrons. The Morgan fingerprint density at radius 3 is 2.39 bits per heavy atom. The lowest BCUT2D eigenvalue weighted by Gasteiger charge is -2.18. The van der Waals surface area contributed by atoms with Crippen molar-refractivity contribution in [1.29, 1.82) is 0 Å². The Morgan fingerprint density at radius 1 is 1.28 bits per heavy atom. The van der Waals surface area contributed by atoms with Crippen LogP contribution in [0.1, 0.15) is 30.1 Å². The molecule has 18 heavy (non-hydrogen) atoms. The molecule has 0 bridgehead atoms. The van der Waals surface area contributed by atoms with Crippen molar-refractivity contribution in [2.75, 3.05) is 7.05 Å². The molecule has 4 heteroatoms. The number of carbonyl (C=O) groups excluding carboxylic acids is 1. The number of Topliss-reactive ketones (excluding diaryl/α,β-unsaturated/α-hetero) is 1. The molecule has 0 aliphatic heterocycles. The van der Waals surface area contributed by atoms with Crippen LogP contribution in [0.2, 0.25) is 13.1 Å². The Morgan fingerprint density at radius 2 is 1.89 bits per heavy atom. The van der Waals surface area contributed by atoms with Crippen molar-refractivity contribution in [1.82, 2.24) is 4.67 Å². The van der Waals surface area contributed by atoms with Gasteiger partial charge in [0.2, 0.25) is 0 Å². The minimum absolute atomic E-state index is 0.148. The Bertz CT molecular complexity index is 415. The Hall–Kier alpha value is -1.42. The largest absolute Gasteiger partial charge is 0.331 e. The quantitative estimate of drug-likeness (QED) is 0.342. The fourth-order valence-corrected chi connectivity index (χ4v) is 1.88. The average Bonchev–Trinajstić information content (AvgIpc) is 2.38. The summed E-state index contributed by atoms with van der Waals surface area (Å²) in [5.41, 5.74) is 1.73. The van der Waals surface area contributed by atoms with Gasteiger partial charge in [0.05, 0.1) is 6.42 Å². The summed E-state index contributed by atoms with van der Waals surface area (Å²) >= 11 is 0. The lowest BCUT2D eigenvalue weighted by atomic mass is 10.0. The first-order chi connectivity index (χ1) is 8.54. The van der Waals surface area contributed by atoms with Crippen molar-refractivity contribution in [3.05, 3.63) is 35.9 Å². The van der Waals surface area contributed by atoms with E-state index >= 15 is 0 Å². The summed E-state index contributed by atoms with van der Waals surface area (Å²) in [5, 5.41) is 4.55. The Labute approximate surface area is 111 Å². The maximum absolute atomic E-state index is 12.1. The number of hydrogen-bond donors (Lipinski definition) is 0. The number of hydrogen-bond acceptors (Lipinski definition) is 3. The van der Waals surface area contributed by atoms with Crippen LogP contribution in [-0.2, 0) is 0 Å². The van der Waals surface area contributed by atoms with Crippen molar-refractivity contribution in [3.63, 3.8) is 0 Å². The van der Waals surface area contributed by atoms with Crippen LogP contribution >= 0.6 is 0 Å². The van der Waals surface area contributed by atoms with Gasteiger partial charge in [-0.05, 0) is 6.42 Å². The zero-order valence-corrected chi connectivity index (χ0v) is 12.8. The standard InChI is InChI=1S/C14H22N2OSi/c1-5-13(15-16(2)18(3)4)11-14(17)12-9-7-6-8-10-12/h6-10,18H,5,11H2,1-4H3. The molecule has 0 saturated carbocycles. The van der Waals surface area contributed by atoms with Gasteiger partial charge in [0.1, 0.15) is 0 Å². The molecule has 0 aliphatic carbocycles. The zero-order valence-electron chi connectivity index (χ0n) is 11.7. The van der Waals surface area contributed by atoms with Crippen molar-refractivity contribution >= 4 is 20.5 Å². The minimum atomic E-state index is -0.919. The highest BCUT2D eigenvalue weighted by Gasteiger charge is 2.10. The number of carbonyl (C=O) groups is 1. The van der Waals surface area contributed by atoms with E-state index < -0.39 is 8.96 Å². The molecule has 0 heterocycles. The molecule has 1 aromatic rings. The minimum Gasteiger partial charge on any atom is -0.331 e. The molecular weight excluding hydrogens is 240 g/mol. The van der Waals surface area contributed by atoms with Crippen LogP contribution in [0.4, 0.5) is 0 Å². The van der Waals surface area contributed by atoms with Crippen molar-refractivity contribution in [2.45, 2.75) is 32.9 Å². The highest BCUT2D eigenvalue weighted by molar-refractivity contribution is 6.52. The summed E-state index contributed by atoms with van der Waals surface area (Å²) in [6.07, 6.45) is 1.25. The smallest absolute Gasteiger partial charge is 0.168 e. The van der Waals surface area contributed by atoms with E-state index in [0.29, 0.717) is 6.42 Å². The third-order valence-corrected chi connectivity index (χ3v) is 4.53. The monoisotopic (exact) mass is 262 g/mol. The van der Waals surface area contributed by atoms with Crippen LogP contribution in [0.3, 0.4) is 0 Å². The highest BCUT2D eigenvalue weighted by Crippen LogP contribution is 2.06. The predicted octanol–water partition coefficient (Wildman–Crippen LogP) is 2.94. The van der Waals surface area contributed by atoms with Gasteiger partial charge in [-0.3, -0.25) is 4.79 Å². The average molecular weight is 262 g/mol. The zero-order chi connectivity index (χ0) is 13.5. The van der Waals surface area contributed by atoms with E-state index in [2.05, 4.69) is 18.2 Å². The summed E-state index contributed by atoms with van der Waals surface area (Å²) in [6.45, 7) is 6.48. The van der Waals surface area contributed by atoms with Crippen LogP contribution < -0.4 is 0 Å². The van der Waals surface area contributed by atoms with E-state index in [9.17, 15) is 4.79 Å². The van der Waals surface area contributed by atoms with Gasteiger partial charge in [-0.15, -0.1) is 0 Å². The number of hydrazone groups is 1. The first kappa shape index (κ1) is 14.6. The lowest BCUT2D eigenvalue weighted by Crippen LogP contribution is -2.27. The van der Waals surface area contributed by atoms with Crippen LogP contribution in [0.15, 0.2) is 35.4 Å². The summed E-state index contributed by atoms with van der Waals surface area (Å²) < 4.78 is 2.04. The van der Waals surface area contributed by atoms with E-state index in [1.807, 2.05) is 49.0 Å². The van der Waals surface area contributed by atoms with Crippen LogP contribution in [-0.4, -0.2) is 32.2 Å². The van der Waals surface area contributed by atoms with Crippen LogP contribution in [0, 0.1) is 0 Å². The first-order valence-corrected chi connectivity index (χ1v) is 9.24. The molecule has 0 aliphatic rings. The second-order valence-corrected chi connectivity index (χ2v) is 7.59. The number of nitrogens with zero attached hydrogens (tertiary/aromatic N) is 2. The molecular formula is C14H22N2OSi. The van der Waals surface area contributed by atoms with Crippen molar-refractivity contribution < 1.29 is 4.79 Å². The molecule has 0 spiro atoms. The SMILES string of the molecule is CCC(CC(=O)c1ccccc1)=NN(C)[SiH](C)C. The molecule has 3 nitrogen and oxygen atoms in total. The topological polar surface area (TPSA) is 32.7 Å². The van der Waals surface area contributed by atoms with Gasteiger partial charge < -0.3 is 4.67 Å². The lowest BCUT2D eigenvalue weighted by molar-refractivity contribution is 0.1000. The summed E-state index contributed by atoms with van der Waals surface area (Å²) in [7, 11) is 1.08. The molecule has 0 aromatic heterocycles. The van der Waals surface area contributed by atoms with Gasteiger partial charge >= 0.3 is 0 Å². The molecule has 0 fully saturated rings. The molecule has 0 amide bonds. The fourth-order valence-electron chi connectivity index (χ4n) is 1.48. The van der Waals surface area contributed by atoms with E-state index in [4.69, 9.17) is 0 Å². The third-order valence-electron chi connectivity index (χ3n) is 2.91. The highest BCUT2D eigenvalue weighted by atomic mass is 28.3. The second-order valence-electron chi connectivity index (χ2n) is 4.65. The van der Waals surface area contributed by atoms with Gasteiger partial charge in [-0.25, -0.2) is 0 Å². The Balaban J connectivity index is 2.72. The van der Waals surface area contributed by atoms with E-state index in [1.165, 1.54) is 0 Å². The van der Waals surface area contributed by atoms with Gasteiger partial charge in [0.15, 0.2) is 14.7 Å². The van der Waals surface area contributed by atoms with Gasteiger partial charge in [0, 0.05) is 18.3 Å². The van der Waals surface area contributed by atoms with Crippen molar-refractivity contribution in [3.8, 4) is 0 Å². The van der Waals surface area contributed by atoms with Gasteiger partial charge in [-0.1, -0.05) is 50.3 Å². The number of benzene rings is 1. The molecule has 0 radical (unpaired) electrons. The van der Waals surface area contributed by atoms with Crippen LogP contribution in [0.25, 0.3) is 0 Å². The summed E-state index contributed by atoms with van der Waals surface area (Å²) in [5.74, 6) is 0.148. The van der Waals surface area contributed by atoms with E-state index in [1.54, 1.807) is 0 Å². The Kier molecular flexibility index (Phi) is 5.78. The summed E-state index contributed by atoms with van der Waals surface area (Å²) in [4.78, 5) is 12.1. The normalized spacial score (nSPS) is 11.7. The van der Waals surface area contributed by atoms with Crippen molar-refractivity contribution in [2.24, 2.45) is 5.10 Å². The van der Waals surface area contributed by atoms with Gasteiger partial charge in [0.25, 0.3) is 0 Å². The summed E-state index contributed by atoms with van der Waals surface area (Å²) in [6, 6.07) is 9.42. The van der Waals surface area contributed by atoms with E-state index in [0.717, 1.165) is 17.7 Å². The van der Waals surface area contributed by atoms with Gasteiger partial charge in [-0.2, -0.15) is 5.10 Å². The first-order valence-electron chi connectivity index (χ1n) is 6.42. The molecule has 1 rings (SSSR count). The molecule has 1 aromatic carbocycles. The third kappa shape index (κ3) is 4.45. The molecule has 0 unspecified atom stereocenters. The maximum atomic E-state index is 12.1. The van der Waals surface area contributed by atoms with E-state index in [-0.39, 0.29) is 5.78 Å². The predicted molar refractivity (Wildman–Crippen MR) is 79.8 cm³/mol. The molecule has 0 saturated heterocycles. The number of rotatable bonds is 6. The molecule has 0 atom stereocenters. The number of ketones is 1. The maximum Gasteiger partial charge on any atom is 0.168 e. The molecule has 0 N–H and O–H groups in total. The fraction of sp³-hybridized carbons (Fsp3) is 0.429. The van der Waals surface area contributed by atoms with Crippen LogP contribution in [0.5, 0.6) is 0 Å².